The van der Waals surface area contributed by atoms with Crippen LogP contribution in [0.15, 0.2) is 24.3 Å². The standard InChI is InChI=1S/C10H12O4/c1-10(13,9(11)12)7-5-3-4-6-8(7)14-2/h3-6,13H,1-2H3,(H,11,12). The molecule has 1 aromatic rings. The van der Waals surface area contributed by atoms with E-state index in [9.17, 15) is 9.90 Å². The molecule has 0 bridgehead atoms. The van der Waals surface area contributed by atoms with E-state index in [1.54, 1.807) is 18.2 Å². The van der Waals surface area contributed by atoms with Crippen LogP contribution < -0.4 is 4.74 Å². The van der Waals surface area contributed by atoms with Gasteiger partial charge in [-0.1, -0.05) is 18.2 Å². The Morgan fingerprint density at radius 3 is 2.50 bits per heavy atom. The number of para-hydroxylation sites is 1. The fourth-order valence-electron chi connectivity index (χ4n) is 1.16. The van der Waals surface area contributed by atoms with Crippen LogP contribution in [-0.4, -0.2) is 23.3 Å². The number of hydrogen-bond acceptors (Lipinski definition) is 3. The summed E-state index contributed by atoms with van der Waals surface area (Å²) in [6.07, 6.45) is 0. The molecule has 0 aromatic heterocycles. The Morgan fingerprint density at radius 2 is 2.00 bits per heavy atom. The lowest BCUT2D eigenvalue weighted by atomic mass is 9.95. The van der Waals surface area contributed by atoms with Crippen LogP contribution in [0.5, 0.6) is 5.75 Å². The predicted octanol–water partition coefficient (Wildman–Crippen LogP) is 0.987. The van der Waals surface area contributed by atoms with Gasteiger partial charge in [-0.15, -0.1) is 0 Å². The van der Waals surface area contributed by atoms with Crippen molar-refractivity contribution in [3.8, 4) is 5.75 Å². The van der Waals surface area contributed by atoms with Gasteiger partial charge in [-0.05, 0) is 13.0 Å². The molecule has 0 fully saturated rings. The summed E-state index contributed by atoms with van der Waals surface area (Å²) in [4.78, 5) is 10.8. The molecular weight excluding hydrogens is 184 g/mol. The Kier molecular flexibility index (Phi) is 2.76. The maximum atomic E-state index is 10.8. The van der Waals surface area contributed by atoms with Gasteiger partial charge >= 0.3 is 5.97 Å². The number of rotatable bonds is 3. The fraction of sp³-hybridized carbons (Fsp3) is 0.300. The van der Waals surface area contributed by atoms with Crippen molar-refractivity contribution in [1.29, 1.82) is 0 Å². The van der Waals surface area contributed by atoms with Crippen molar-refractivity contribution >= 4 is 5.97 Å². The van der Waals surface area contributed by atoms with E-state index in [1.165, 1.54) is 20.1 Å². The monoisotopic (exact) mass is 196 g/mol. The summed E-state index contributed by atoms with van der Waals surface area (Å²) in [6, 6.07) is 6.48. The second kappa shape index (κ2) is 3.67. The average Bonchev–Trinajstić information content (AvgIpc) is 2.17. The minimum atomic E-state index is -1.92. The minimum Gasteiger partial charge on any atom is -0.496 e. The number of carboxylic acids is 1. The molecule has 0 saturated carbocycles. The SMILES string of the molecule is COc1ccccc1C(C)(O)C(=O)O. The zero-order valence-electron chi connectivity index (χ0n) is 8.02. The third-order valence-electron chi connectivity index (χ3n) is 2.05. The number of aliphatic hydroxyl groups is 1. The molecule has 1 atom stereocenters. The zero-order valence-corrected chi connectivity index (χ0v) is 8.02. The Hall–Kier alpha value is -1.55. The van der Waals surface area contributed by atoms with Crippen molar-refractivity contribution in [3.63, 3.8) is 0 Å². The quantitative estimate of drug-likeness (QED) is 0.756. The molecule has 0 spiro atoms. The molecule has 1 rings (SSSR count). The van der Waals surface area contributed by atoms with Crippen LogP contribution in [-0.2, 0) is 10.4 Å². The largest absolute Gasteiger partial charge is 0.496 e. The van der Waals surface area contributed by atoms with E-state index in [0.717, 1.165) is 0 Å². The van der Waals surface area contributed by atoms with Crippen molar-refractivity contribution in [3.05, 3.63) is 29.8 Å². The molecule has 2 N–H and O–H groups in total. The van der Waals surface area contributed by atoms with Gasteiger partial charge in [0, 0.05) is 5.56 Å². The van der Waals surface area contributed by atoms with Gasteiger partial charge in [-0.2, -0.15) is 0 Å². The molecule has 0 aliphatic rings. The van der Waals surface area contributed by atoms with Crippen LogP contribution in [0, 0.1) is 0 Å². The van der Waals surface area contributed by atoms with E-state index in [1.807, 2.05) is 0 Å². The molecule has 0 heterocycles. The summed E-state index contributed by atoms with van der Waals surface area (Å²) >= 11 is 0. The van der Waals surface area contributed by atoms with Crippen molar-refractivity contribution in [2.45, 2.75) is 12.5 Å². The molecular formula is C10H12O4. The normalized spacial score (nSPS) is 14.5. The third kappa shape index (κ3) is 1.70. The average molecular weight is 196 g/mol. The van der Waals surface area contributed by atoms with Gasteiger partial charge in [0.2, 0.25) is 0 Å². The highest BCUT2D eigenvalue weighted by atomic mass is 16.5. The first-order valence-electron chi connectivity index (χ1n) is 4.09. The molecule has 1 unspecified atom stereocenters. The smallest absolute Gasteiger partial charge is 0.340 e. The van der Waals surface area contributed by atoms with Gasteiger partial charge in [0.15, 0.2) is 5.60 Å². The van der Waals surface area contributed by atoms with Crippen molar-refractivity contribution < 1.29 is 19.7 Å². The number of ether oxygens (including phenoxy) is 1. The lowest BCUT2D eigenvalue weighted by Gasteiger charge is -2.20. The third-order valence-corrected chi connectivity index (χ3v) is 2.05. The number of hydrogen-bond donors (Lipinski definition) is 2. The number of aliphatic carboxylic acids is 1. The highest BCUT2D eigenvalue weighted by molar-refractivity contribution is 5.79. The number of benzene rings is 1. The van der Waals surface area contributed by atoms with Gasteiger partial charge < -0.3 is 14.9 Å². The Morgan fingerprint density at radius 1 is 1.43 bits per heavy atom. The summed E-state index contributed by atoms with van der Waals surface area (Å²) < 4.78 is 4.96. The molecule has 4 heteroatoms. The maximum absolute atomic E-state index is 10.8. The van der Waals surface area contributed by atoms with E-state index in [2.05, 4.69) is 0 Å². The van der Waals surface area contributed by atoms with Crippen LogP contribution in [0.3, 0.4) is 0 Å². The van der Waals surface area contributed by atoms with E-state index >= 15 is 0 Å². The molecule has 4 nitrogen and oxygen atoms in total. The molecule has 0 aliphatic heterocycles. The molecule has 1 aromatic carbocycles. The summed E-state index contributed by atoms with van der Waals surface area (Å²) in [5, 5.41) is 18.5. The van der Waals surface area contributed by atoms with Crippen molar-refractivity contribution in [2.24, 2.45) is 0 Å². The van der Waals surface area contributed by atoms with Crippen LogP contribution >= 0.6 is 0 Å². The molecule has 0 radical (unpaired) electrons. The molecule has 0 saturated heterocycles. The van der Waals surface area contributed by atoms with E-state index in [0.29, 0.717) is 5.75 Å². The minimum absolute atomic E-state index is 0.245. The van der Waals surface area contributed by atoms with Crippen LogP contribution in [0.25, 0.3) is 0 Å². The highest BCUT2D eigenvalue weighted by Gasteiger charge is 2.34. The van der Waals surface area contributed by atoms with Crippen LogP contribution in [0.2, 0.25) is 0 Å². The first-order valence-corrected chi connectivity index (χ1v) is 4.09. The second-order valence-corrected chi connectivity index (χ2v) is 3.08. The molecule has 0 aliphatic carbocycles. The van der Waals surface area contributed by atoms with Crippen molar-refractivity contribution in [2.75, 3.05) is 7.11 Å². The van der Waals surface area contributed by atoms with Crippen LogP contribution in [0.4, 0.5) is 0 Å². The van der Waals surface area contributed by atoms with E-state index < -0.39 is 11.6 Å². The van der Waals surface area contributed by atoms with Gasteiger partial charge in [-0.3, -0.25) is 0 Å². The first kappa shape index (κ1) is 10.5. The number of carbonyl (C=O) groups is 1. The highest BCUT2D eigenvalue weighted by Crippen LogP contribution is 2.29. The topological polar surface area (TPSA) is 66.8 Å². The summed E-state index contributed by atoms with van der Waals surface area (Å²) in [7, 11) is 1.43. The predicted molar refractivity (Wildman–Crippen MR) is 50.2 cm³/mol. The van der Waals surface area contributed by atoms with Gasteiger partial charge in [0.05, 0.1) is 7.11 Å². The molecule has 0 amide bonds. The first-order chi connectivity index (χ1) is 6.50. The summed E-state index contributed by atoms with van der Waals surface area (Å²) in [5.74, 6) is -0.943. The van der Waals surface area contributed by atoms with Crippen molar-refractivity contribution in [1.82, 2.24) is 0 Å². The van der Waals surface area contributed by atoms with Crippen LogP contribution in [0.1, 0.15) is 12.5 Å². The Bertz CT molecular complexity index is 344. The molecule has 76 valence electrons. The Labute approximate surface area is 81.8 Å². The lowest BCUT2D eigenvalue weighted by Crippen LogP contribution is -2.32. The maximum Gasteiger partial charge on any atom is 0.340 e. The molecule has 14 heavy (non-hydrogen) atoms. The van der Waals surface area contributed by atoms with Gasteiger partial charge in [-0.25, -0.2) is 4.79 Å². The van der Waals surface area contributed by atoms with Gasteiger partial charge in [0.1, 0.15) is 5.75 Å². The number of methoxy groups -OCH3 is 1. The summed E-state index contributed by atoms with van der Waals surface area (Å²) in [6.45, 7) is 1.22. The zero-order chi connectivity index (χ0) is 10.8. The second-order valence-electron chi connectivity index (χ2n) is 3.08. The fourth-order valence-corrected chi connectivity index (χ4v) is 1.16. The number of carboxylic acid groups (broad SMARTS) is 1. The lowest BCUT2D eigenvalue weighted by molar-refractivity contribution is -0.157. The Balaban J connectivity index is 3.24. The van der Waals surface area contributed by atoms with E-state index in [-0.39, 0.29) is 5.56 Å². The summed E-state index contributed by atoms with van der Waals surface area (Å²) in [5.41, 5.74) is -1.68. The van der Waals surface area contributed by atoms with E-state index in [4.69, 9.17) is 9.84 Å². The van der Waals surface area contributed by atoms with Gasteiger partial charge in [0.25, 0.3) is 0 Å².